The van der Waals surface area contributed by atoms with Crippen molar-refractivity contribution >= 4 is 11.9 Å². The van der Waals surface area contributed by atoms with Gasteiger partial charge in [-0.1, -0.05) is 0 Å². The molecule has 0 bridgehead atoms. The number of amides is 1. The molecule has 0 aromatic carbocycles. The summed E-state index contributed by atoms with van der Waals surface area (Å²) in [6.07, 6.45) is 3.44. The number of likely N-dealkylation sites (tertiary alicyclic amines) is 1. The van der Waals surface area contributed by atoms with Crippen molar-refractivity contribution in [1.29, 1.82) is 0 Å². The van der Waals surface area contributed by atoms with E-state index in [1.54, 1.807) is 0 Å². The van der Waals surface area contributed by atoms with Crippen molar-refractivity contribution in [2.45, 2.75) is 31.7 Å². The number of carbonyl (C=O) groups is 2. The largest absolute Gasteiger partial charge is 0.480 e. The number of nitrogens with zero attached hydrogens (tertiary/aromatic N) is 1. The third-order valence-electron chi connectivity index (χ3n) is 3.65. The van der Waals surface area contributed by atoms with Crippen molar-refractivity contribution in [1.82, 2.24) is 4.90 Å². The van der Waals surface area contributed by atoms with E-state index in [0.717, 1.165) is 12.8 Å². The van der Waals surface area contributed by atoms with Crippen molar-refractivity contribution in [3.05, 3.63) is 0 Å². The Balaban J connectivity index is 1.91. The van der Waals surface area contributed by atoms with Gasteiger partial charge in [-0.25, -0.2) is 0 Å². The van der Waals surface area contributed by atoms with E-state index in [0.29, 0.717) is 31.8 Å². The predicted molar refractivity (Wildman–Crippen MR) is 57.6 cm³/mol. The number of rotatable bonds is 4. The monoisotopic (exact) mass is 226 g/mol. The first-order valence-corrected chi connectivity index (χ1v) is 5.85. The van der Waals surface area contributed by atoms with Crippen molar-refractivity contribution < 1.29 is 14.7 Å². The van der Waals surface area contributed by atoms with Crippen LogP contribution in [0.1, 0.15) is 25.7 Å². The van der Waals surface area contributed by atoms with E-state index in [1.807, 2.05) is 4.90 Å². The Morgan fingerprint density at radius 3 is 2.12 bits per heavy atom. The quantitative estimate of drug-likeness (QED) is 0.709. The lowest BCUT2D eigenvalue weighted by atomic mass is 9.94. The Morgan fingerprint density at radius 2 is 1.75 bits per heavy atom. The van der Waals surface area contributed by atoms with Crippen LogP contribution in [-0.2, 0) is 9.59 Å². The van der Waals surface area contributed by atoms with Gasteiger partial charge in [0.1, 0.15) is 6.04 Å². The second-order valence-corrected chi connectivity index (χ2v) is 4.83. The van der Waals surface area contributed by atoms with Crippen LogP contribution < -0.4 is 5.73 Å². The topological polar surface area (TPSA) is 83.6 Å². The predicted octanol–water partition coefficient (Wildman–Crippen LogP) is 0.0469. The van der Waals surface area contributed by atoms with Gasteiger partial charge in [-0.15, -0.1) is 0 Å². The second-order valence-electron chi connectivity index (χ2n) is 4.83. The summed E-state index contributed by atoms with van der Waals surface area (Å²) in [6.45, 7) is 1.36. The molecule has 1 atom stereocenters. The molecule has 1 aliphatic carbocycles. The highest BCUT2D eigenvalue weighted by Gasteiger charge is 2.41. The molecule has 1 amide bonds. The highest BCUT2D eigenvalue weighted by atomic mass is 16.4. The van der Waals surface area contributed by atoms with Crippen LogP contribution in [-0.4, -0.2) is 41.0 Å². The van der Waals surface area contributed by atoms with E-state index in [9.17, 15) is 14.7 Å². The highest BCUT2D eigenvalue weighted by Crippen LogP contribution is 2.36. The van der Waals surface area contributed by atoms with E-state index >= 15 is 0 Å². The summed E-state index contributed by atoms with van der Waals surface area (Å²) in [6, 6.07) is -0.339. The summed E-state index contributed by atoms with van der Waals surface area (Å²) in [5, 5.41) is 9.18. The fourth-order valence-electron chi connectivity index (χ4n) is 2.53. The van der Waals surface area contributed by atoms with Gasteiger partial charge in [0.05, 0.1) is 0 Å². The number of carboxylic acid groups (broad SMARTS) is 1. The molecule has 0 radical (unpaired) electrons. The normalized spacial score (nSPS) is 25.2. The molecule has 1 saturated carbocycles. The first kappa shape index (κ1) is 11.4. The van der Waals surface area contributed by atoms with Crippen LogP contribution in [0.3, 0.4) is 0 Å². The van der Waals surface area contributed by atoms with E-state index in [2.05, 4.69) is 0 Å². The molecule has 3 N–H and O–H groups in total. The maximum Gasteiger partial charge on any atom is 0.321 e. The van der Waals surface area contributed by atoms with E-state index in [1.165, 1.54) is 0 Å². The van der Waals surface area contributed by atoms with Crippen LogP contribution >= 0.6 is 0 Å². The molecule has 5 heteroatoms. The number of hydrogen-bond acceptors (Lipinski definition) is 3. The molecule has 16 heavy (non-hydrogen) atoms. The number of primary amides is 1. The summed E-state index contributed by atoms with van der Waals surface area (Å²) in [4.78, 5) is 24.2. The average Bonchev–Trinajstić information content (AvgIpc) is 3.02. The Kier molecular flexibility index (Phi) is 3.14. The molecule has 0 spiro atoms. The molecule has 90 valence electrons. The Bertz CT molecular complexity index is 294. The van der Waals surface area contributed by atoms with Gasteiger partial charge >= 0.3 is 5.97 Å². The number of piperidine rings is 1. The Labute approximate surface area is 94.6 Å². The lowest BCUT2D eigenvalue weighted by molar-refractivity contribution is -0.145. The summed E-state index contributed by atoms with van der Waals surface area (Å²) in [5.74, 6) is -0.717. The molecule has 0 aromatic heterocycles. The van der Waals surface area contributed by atoms with Gasteiger partial charge in [-0.05, 0) is 44.7 Å². The van der Waals surface area contributed by atoms with Gasteiger partial charge in [0.25, 0.3) is 0 Å². The summed E-state index contributed by atoms with van der Waals surface area (Å²) < 4.78 is 0. The van der Waals surface area contributed by atoms with Crippen LogP contribution in [0, 0.1) is 11.8 Å². The summed E-state index contributed by atoms with van der Waals surface area (Å²) in [5.41, 5.74) is 5.25. The lowest BCUT2D eigenvalue weighted by Crippen LogP contribution is -2.48. The standard InChI is InChI=1S/C11H18N2O3/c12-10(14)8-3-5-13(6-4-8)9(11(15)16)7-1-2-7/h7-9H,1-6H2,(H2,12,14)(H,15,16). The molecule has 2 aliphatic rings. The first-order valence-electron chi connectivity index (χ1n) is 5.85. The lowest BCUT2D eigenvalue weighted by Gasteiger charge is -2.34. The fourth-order valence-corrected chi connectivity index (χ4v) is 2.53. The van der Waals surface area contributed by atoms with Crippen molar-refractivity contribution in [3.63, 3.8) is 0 Å². The molecular weight excluding hydrogens is 208 g/mol. The minimum atomic E-state index is -0.722. The molecule has 1 unspecified atom stereocenters. The summed E-state index contributed by atoms with van der Waals surface area (Å²) in [7, 11) is 0. The molecule has 1 aliphatic heterocycles. The SMILES string of the molecule is NC(=O)C1CCN(C(C(=O)O)C2CC2)CC1. The molecule has 1 saturated heterocycles. The van der Waals surface area contributed by atoms with E-state index < -0.39 is 5.97 Å². The van der Waals surface area contributed by atoms with Gasteiger partial charge < -0.3 is 10.8 Å². The van der Waals surface area contributed by atoms with Gasteiger partial charge in [-0.3, -0.25) is 14.5 Å². The fraction of sp³-hybridized carbons (Fsp3) is 0.818. The highest BCUT2D eigenvalue weighted by molar-refractivity contribution is 5.77. The second kappa shape index (κ2) is 4.41. The molecule has 1 heterocycles. The minimum absolute atomic E-state index is 0.0649. The average molecular weight is 226 g/mol. The van der Waals surface area contributed by atoms with Crippen LogP contribution in [0.15, 0.2) is 0 Å². The number of aliphatic carboxylic acids is 1. The van der Waals surface area contributed by atoms with E-state index in [4.69, 9.17) is 5.73 Å². The van der Waals surface area contributed by atoms with Gasteiger partial charge in [0.2, 0.25) is 5.91 Å². The summed E-state index contributed by atoms with van der Waals surface area (Å²) >= 11 is 0. The zero-order valence-corrected chi connectivity index (χ0v) is 9.26. The molecule has 5 nitrogen and oxygen atoms in total. The van der Waals surface area contributed by atoms with Crippen LogP contribution in [0.4, 0.5) is 0 Å². The van der Waals surface area contributed by atoms with Crippen LogP contribution in [0.25, 0.3) is 0 Å². The zero-order chi connectivity index (χ0) is 11.7. The van der Waals surface area contributed by atoms with Gasteiger partial charge in [0, 0.05) is 5.92 Å². The minimum Gasteiger partial charge on any atom is -0.480 e. The molecule has 2 fully saturated rings. The van der Waals surface area contributed by atoms with Crippen molar-refractivity contribution in [2.24, 2.45) is 17.6 Å². The first-order chi connectivity index (χ1) is 7.59. The molecule has 0 aromatic rings. The number of carbonyl (C=O) groups excluding carboxylic acids is 1. The third-order valence-corrected chi connectivity index (χ3v) is 3.65. The van der Waals surface area contributed by atoms with Crippen molar-refractivity contribution in [2.75, 3.05) is 13.1 Å². The number of hydrogen-bond donors (Lipinski definition) is 2. The Morgan fingerprint density at radius 1 is 1.19 bits per heavy atom. The van der Waals surface area contributed by atoms with Gasteiger partial charge in [-0.2, -0.15) is 0 Å². The molecule has 2 rings (SSSR count). The van der Waals surface area contributed by atoms with E-state index in [-0.39, 0.29) is 17.9 Å². The smallest absolute Gasteiger partial charge is 0.321 e. The molecular formula is C11H18N2O3. The number of nitrogens with two attached hydrogens (primary N) is 1. The maximum absolute atomic E-state index is 11.2. The number of carboxylic acids is 1. The van der Waals surface area contributed by atoms with Gasteiger partial charge in [0.15, 0.2) is 0 Å². The third kappa shape index (κ3) is 2.35. The Hall–Kier alpha value is -1.10. The zero-order valence-electron chi connectivity index (χ0n) is 9.26. The maximum atomic E-state index is 11.2. The van der Waals surface area contributed by atoms with Crippen LogP contribution in [0.5, 0.6) is 0 Å². The van der Waals surface area contributed by atoms with Crippen molar-refractivity contribution in [3.8, 4) is 0 Å². The van der Waals surface area contributed by atoms with Crippen LogP contribution in [0.2, 0.25) is 0 Å².